The van der Waals surface area contributed by atoms with Gasteiger partial charge in [0, 0.05) is 16.8 Å². The molecule has 5 rings (SSSR count). The molecule has 0 bridgehead atoms. The highest BCUT2D eigenvalue weighted by molar-refractivity contribution is 6.08. The predicted molar refractivity (Wildman–Crippen MR) is 149 cm³/mol. The van der Waals surface area contributed by atoms with E-state index in [2.05, 4.69) is 93.4 Å². The predicted octanol–water partition coefficient (Wildman–Crippen LogP) is 5.85. The second-order valence-corrected chi connectivity index (χ2v) is 9.50. The molecule has 0 spiro atoms. The van der Waals surface area contributed by atoms with Crippen LogP contribution in [-0.2, 0) is 13.1 Å². The van der Waals surface area contributed by atoms with E-state index in [9.17, 15) is 0 Å². The third-order valence-electron chi connectivity index (χ3n) is 7.26. The number of unbranched alkanes of at least 4 members (excludes halogenated alkanes) is 1. The molecular weight excluding hydrogens is 478 g/mol. The van der Waals surface area contributed by atoms with Crippen molar-refractivity contribution in [2.24, 2.45) is 0 Å². The van der Waals surface area contributed by atoms with Crippen LogP contribution in [0.2, 0.25) is 0 Å². The zero-order valence-electron chi connectivity index (χ0n) is 20.3. The van der Waals surface area contributed by atoms with Gasteiger partial charge in [0.1, 0.15) is 13.1 Å². The monoisotopic (exact) mass is 516 g/mol. The van der Waals surface area contributed by atoms with Gasteiger partial charge in [-0.3, -0.25) is 0 Å². The summed E-state index contributed by atoms with van der Waals surface area (Å²) in [4.78, 5) is 0. The number of allylic oxidation sites excluding steroid dienone is 1. The van der Waals surface area contributed by atoms with Crippen molar-refractivity contribution in [2.75, 3.05) is 6.54 Å². The number of fused-ring (bicyclic) bond motifs is 7. The lowest BCUT2D eigenvalue weighted by molar-refractivity contribution is -0.890. The lowest BCUT2D eigenvalue weighted by atomic mass is 9.85. The first kappa shape index (κ1) is 24.2. The van der Waals surface area contributed by atoms with Crippen molar-refractivity contribution in [2.45, 2.75) is 46.7 Å². The van der Waals surface area contributed by atoms with Gasteiger partial charge in [-0.2, -0.15) is 0 Å². The minimum absolute atomic E-state index is 0. The number of quaternary nitrogens is 1. The number of nitrogens with zero attached hydrogens (tertiary/aromatic N) is 1. The summed E-state index contributed by atoms with van der Waals surface area (Å²) in [6.45, 7) is 15.4. The van der Waals surface area contributed by atoms with Crippen LogP contribution in [0.3, 0.4) is 0 Å². The van der Waals surface area contributed by atoms with Gasteiger partial charge in [-0.1, -0.05) is 74.0 Å². The van der Waals surface area contributed by atoms with Gasteiger partial charge in [0.15, 0.2) is 0 Å². The van der Waals surface area contributed by atoms with Crippen LogP contribution in [0.15, 0.2) is 66.7 Å². The molecule has 4 aromatic carbocycles. The fourth-order valence-electron chi connectivity index (χ4n) is 5.63. The Bertz CT molecular complexity index is 1380. The highest BCUT2D eigenvalue weighted by atomic mass is 79.9. The zero-order valence-corrected chi connectivity index (χ0v) is 21.9. The Morgan fingerprint density at radius 1 is 0.882 bits per heavy atom. The van der Waals surface area contributed by atoms with Crippen molar-refractivity contribution in [1.82, 2.24) is 0 Å². The molecular formula is C32H39BrN+. The standard InChI is InChI=1S/C32H31N.BrH.4H2/c1-5-7-17-33(18-8-6-2)21-29-23(3)19-25-13-9-11-15-27(25)31(29)32-28-16-12-10-14-26(28)20-24(4)30(32)22-33;;;;;/h1,5,9-16,19-20H,6,8,18,21-22H2,2-4H3;5*1H/q+2;;;;;/p-1. The maximum absolute atomic E-state index is 5.76. The molecule has 178 valence electrons. The van der Waals surface area contributed by atoms with E-state index in [-0.39, 0.29) is 22.7 Å². The Kier molecular flexibility index (Phi) is 6.92. The molecule has 0 aliphatic carbocycles. The number of benzene rings is 4. The second kappa shape index (κ2) is 9.73. The van der Waals surface area contributed by atoms with Crippen molar-refractivity contribution in [3.05, 3.63) is 95.6 Å². The Labute approximate surface area is 220 Å². The van der Waals surface area contributed by atoms with E-state index >= 15 is 0 Å². The minimum Gasteiger partial charge on any atom is -1.00 e. The van der Waals surface area contributed by atoms with Crippen molar-refractivity contribution in [1.29, 1.82) is 0 Å². The summed E-state index contributed by atoms with van der Waals surface area (Å²) >= 11 is 0. The van der Waals surface area contributed by atoms with E-state index in [0.29, 0.717) is 0 Å². The first-order valence-corrected chi connectivity index (χ1v) is 12.0. The van der Waals surface area contributed by atoms with Gasteiger partial charge in [-0.05, 0) is 64.1 Å². The lowest BCUT2D eigenvalue weighted by Gasteiger charge is -2.30. The van der Waals surface area contributed by atoms with E-state index in [4.69, 9.17) is 6.58 Å². The van der Waals surface area contributed by atoms with Gasteiger partial charge >= 0.3 is 0 Å². The van der Waals surface area contributed by atoms with Crippen LogP contribution in [0.5, 0.6) is 0 Å². The van der Waals surface area contributed by atoms with Crippen LogP contribution in [0.1, 0.15) is 47.7 Å². The van der Waals surface area contributed by atoms with E-state index in [1.165, 1.54) is 61.0 Å². The smallest absolute Gasteiger partial charge is 0.267 e. The van der Waals surface area contributed by atoms with Crippen LogP contribution < -0.4 is 17.0 Å². The molecule has 0 fully saturated rings. The Morgan fingerprint density at radius 2 is 1.38 bits per heavy atom. The summed E-state index contributed by atoms with van der Waals surface area (Å²) < 4.78 is 0.722. The van der Waals surface area contributed by atoms with Crippen LogP contribution in [0.25, 0.3) is 32.7 Å². The normalized spacial score (nSPS) is 13.7. The van der Waals surface area contributed by atoms with E-state index < -0.39 is 0 Å². The molecule has 0 aromatic heterocycles. The molecule has 1 heterocycles. The second-order valence-electron chi connectivity index (χ2n) is 9.50. The van der Waals surface area contributed by atoms with Crippen molar-refractivity contribution >= 4 is 21.5 Å². The molecule has 0 unspecified atom stereocenters. The van der Waals surface area contributed by atoms with Gasteiger partial charge in [0.05, 0.1) is 13.1 Å². The molecule has 34 heavy (non-hydrogen) atoms. The third kappa shape index (κ3) is 4.06. The highest BCUT2D eigenvalue weighted by Crippen LogP contribution is 2.46. The summed E-state index contributed by atoms with van der Waals surface area (Å²) in [7, 11) is 0. The quantitative estimate of drug-likeness (QED) is 0.182. The highest BCUT2D eigenvalue weighted by Gasteiger charge is 2.37. The molecule has 0 amide bonds. The van der Waals surface area contributed by atoms with E-state index in [1.54, 1.807) is 0 Å². The van der Waals surface area contributed by atoms with Crippen molar-refractivity contribution < 1.29 is 27.2 Å². The third-order valence-corrected chi connectivity index (χ3v) is 7.26. The van der Waals surface area contributed by atoms with Gasteiger partial charge in [0.25, 0.3) is 6.04 Å². The first-order chi connectivity index (χ1) is 16.1. The minimum atomic E-state index is 0. The Balaban J connectivity index is 0.00000274. The SMILES string of the molecule is [Br-].[CH+]=CC#C[N+]1(CCCC)Cc2c(C)cc3ccccc3c2-c2c(c(C)cc3ccccc23)C1.[HH].[HH].[HH].[HH]. The van der Waals surface area contributed by atoms with Gasteiger partial charge < -0.3 is 17.0 Å². The number of rotatable bonds is 3. The van der Waals surface area contributed by atoms with Crippen molar-refractivity contribution in [3.8, 4) is 23.1 Å². The first-order valence-electron chi connectivity index (χ1n) is 12.0. The maximum atomic E-state index is 5.76. The molecule has 1 aliphatic rings. The number of hydrogen-bond acceptors (Lipinski definition) is 0. The summed E-state index contributed by atoms with van der Waals surface area (Å²) in [5.41, 5.74) is 8.33. The summed E-state index contributed by atoms with van der Waals surface area (Å²) in [5, 5.41) is 5.29. The van der Waals surface area contributed by atoms with Crippen LogP contribution in [0, 0.1) is 32.4 Å². The topological polar surface area (TPSA) is 0 Å². The molecule has 4 aromatic rings. The zero-order chi connectivity index (χ0) is 23.0. The van der Waals surface area contributed by atoms with E-state index in [0.717, 1.165) is 37.0 Å². The molecule has 2 heteroatoms. The van der Waals surface area contributed by atoms with Gasteiger partial charge in [-0.15, -0.1) is 0 Å². The van der Waals surface area contributed by atoms with E-state index in [1.807, 2.05) is 0 Å². The fourth-order valence-corrected chi connectivity index (χ4v) is 5.63. The van der Waals surface area contributed by atoms with Crippen LogP contribution in [0.4, 0.5) is 0 Å². The summed E-state index contributed by atoms with van der Waals surface area (Å²) in [5.74, 6) is 3.15. The summed E-state index contributed by atoms with van der Waals surface area (Å²) in [6.07, 6.45) is 3.80. The molecule has 1 aliphatic heterocycles. The number of aryl methyl sites for hydroxylation is 2. The average molecular weight is 518 g/mol. The van der Waals surface area contributed by atoms with Gasteiger partial charge in [0.2, 0.25) is 12.0 Å². The van der Waals surface area contributed by atoms with Gasteiger partial charge in [-0.25, -0.2) is 4.48 Å². The molecule has 0 saturated heterocycles. The molecule has 0 N–H and O–H groups in total. The molecule has 0 radical (unpaired) electrons. The molecule has 0 saturated carbocycles. The number of halogens is 1. The Hall–Kier alpha value is -2.95. The van der Waals surface area contributed by atoms with Crippen LogP contribution in [-0.4, -0.2) is 11.0 Å². The lowest BCUT2D eigenvalue weighted by Crippen LogP contribution is -3.00. The Morgan fingerprint density at radius 3 is 1.85 bits per heavy atom. The average Bonchev–Trinajstić information content (AvgIpc) is 2.98. The number of hydrogen-bond donors (Lipinski definition) is 0. The molecule has 1 nitrogen and oxygen atoms in total. The molecule has 0 atom stereocenters. The largest absolute Gasteiger partial charge is 1.00 e. The van der Waals surface area contributed by atoms with Crippen molar-refractivity contribution in [3.63, 3.8) is 0 Å². The maximum Gasteiger partial charge on any atom is 0.267 e. The fraction of sp³-hybridized carbons (Fsp3) is 0.250. The summed E-state index contributed by atoms with van der Waals surface area (Å²) in [6, 6.07) is 26.0. The van der Waals surface area contributed by atoms with Crippen LogP contribution >= 0.6 is 0 Å².